The number of rotatable bonds is 8. The Balaban J connectivity index is 1.72. The fraction of sp³-hybridized carbons (Fsp3) is 0.333. The number of aromatic hydroxyl groups is 1. The van der Waals surface area contributed by atoms with E-state index in [1.54, 1.807) is 32.7 Å². The zero-order chi connectivity index (χ0) is 20.2. The van der Waals surface area contributed by atoms with Gasteiger partial charge in [-0.2, -0.15) is 0 Å². The van der Waals surface area contributed by atoms with Crippen molar-refractivity contribution in [1.29, 1.82) is 0 Å². The first-order chi connectivity index (χ1) is 14.2. The molecule has 0 aromatic heterocycles. The third kappa shape index (κ3) is 4.03. The zero-order valence-corrected chi connectivity index (χ0v) is 16.4. The minimum atomic E-state index is 0.191. The Hall–Kier alpha value is -3.10. The van der Waals surface area contributed by atoms with Crippen LogP contribution in [0.1, 0.15) is 11.1 Å². The summed E-state index contributed by atoms with van der Waals surface area (Å²) in [7, 11) is 3.25. The molecule has 0 radical (unpaired) electrons. The number of amidine groups is 1. The van der Waals surface area contributed by atoms with Gasteiger partial charge in [-0.25, -0.2) is 9.98 Å². The van der Waals surface area contributed by atoms with E-state index in [9.17, 15) is 5.11 Å². The molecule has 0 saturated heterocycles. The van der Waals surface area contributed by atoms with Gasteiger partial charge in [0.05, 0.1) is 37.5 Å². The lowest BCUT2D eigenvalue weighted by Crippen LogP contribution is -2.34. The summed E-state index contributed by atoms with van der Waals surface area (Å²) < 4.78 is 21.9. The van der Waals surface area contributed by atoms with E-state index in [4.69, 9.17) is 23.9 Å². The van der Waals surface area contributed by atoms with Gasteiger partial charge in [-0.15, -0.1) is 0 Å². The summed E-state index contributed by atoms with van der Waals surface area (Å²) in [6.07, 6.45) is 1.77. The van der Waals surface area contributed by atoms with E-state index in [1.165, 1.54) is 0 Å². The summed E-state index contributed by atoms with van der Waals surface area (Å²) in [5.41, 5.74) is 3.36. The molecular weight excluding hydrogens is 374 g/mol. The molecule has 2 aromatic rings. The highest BCUT2D eigenvalue weighted by Gasteiger charge is 2.27. The van der Waals surface area contributed by atoms with Crippen LogP contribution in [0.4, 0.5) is 11.4 Å². The predicted octanol–water partition coefficient (Wildman–Crippen LogP) is 3.01. The molecule has 8 nitrogen and oxygen atoms in total. The SMILES string of the molecule is COCCOc1cc2c(cc1OCCOC)C1=Nc3cc(O)ccc3CN1C=N2. The van der Waals surface area contributed by atoms with Crippen molar-refractivity contribution >= 4 is 23.5 Å². The Morgan fingerprint density at radius 1 is 0.931 bits per heavy atom. The van der Waals surface area contributed by atoms with E-state index in [-0.39, 0.29) is 5.75 Å². The summed E-state index contributed by atoms with van der Waals surface area (Å²) >= 11 is 0. The van der Waals surface area contributed by atoms with Crippen molar-refractivity contribution in [3.05, 3.63) is 41.5 Å². The first kappa shape index (κ1) is 19.2. The maximum Gasteiger partial charge on any atom is 0.163 e. The number of nitrogens with zero attached hydrogens (tertiary/aromatic N) is 3. The van der Waals surface area contributed by atoms with Gasteiger partial charge in [-0.05, 0) is 17.7 Å². The first-order valence-corrected chi connectivity index (χ1v) is 9.33. The standard InChI is InChI=1S/C21H23N3O5/c1-26-5-7-28-19-10-16-18(11-20(19)29-8-6-27-2)22-13-24-12-14-3-4-15(25)9-17(14)23-21(16)24/h3-4,9-11,13,25H,5-8,12H2,1-2H3. The van der Waals surface area contributed by atoms with Crippen LogP contribution in [0.25, 0.3) is 0 Å². The molecule has 0 unspecified atom stereocenters. The summed E-state index contributed by atoms with van der Waals surface area (Å²) in [5, 5.41) is 9.82. The monoisotopic (exact) mass is 397 g/mol. The highest BCUT2D eigenvalue weighted by atomic mass is 16.5. The van der Waals surface area contributed by atoms with Crippen LogP contribution < -0.4 is 9.47 Å². The third-order valence-electron chi connectivity index (χ3n) is 4.64. The fourth-order valence-electron chi connectivity index (χ4n) is 3.20. The van der Waals surface area contributed by atoms with Crippen LogP contribution in [0.15, 0.2) is 40.3 Å². The van der Waals surface area contributed by atoms with Gasteiger partial charge in [0, 0.05) is 31.9 Å². The van der Waals surface area contributed by atoms with E-state index in [2.05, 4.69) is 4.99 Å². The quantitative estimate of drug-likeness (QED) is 0.690. The molecule has 8 heteroatoms. The number of ether oxygens (including phenoxy) is 4. The number of fused-ring (bicyclic) bond motifs is 4. The Bertz CT molecular complexity index is 958. The van der Waals surface area contributed by atoms with Gasteiger partial charge in [0.25, 0.3) is 0 Å². The van der Waals surface area contributed by atoms with Gasteiger partial charge in [0.2, 0.25) is 0 Å². The number of methoxy groups -OCH3 is 2. The smallest absolute Gasteiger partial charge is 0.163 e. The second-order valence-corrected chi connectivity index (χ2v) is 6.62. The van der Waals surface area contributed by atoms with Crippen molar-refractivity contribution in [2.45, 2.75) is 6.54 Å². The van der Waals surface area contributed by atoms with Crippen LogP contribution in [0, 0.1) is 0 Å². The van der Waals surface area contributed by atoms with E-state index in [0.29, 0.717) is 44.5 Å². The molecule has 29 heavy (non-hydrogen) atoms. The molecule has 0 saturated carbocycles. The number of phenols is 1. The first-order valence-electron chi connectivity index (χ1n) is 9.33. The van der Waals surface area contributed by atoms with Gasteiger partial charge in [-0.3, -0.25) is 0 Å². The van der Waals surface area contributed by atoms with Crippen LogP contribution in [0.5, 0.6) is 17.2 Å². The molecule has 152 valence electrons. The average molecular weight is 397 g/mol. The molecule has 0 atom stereocenters. The highest BCUT2D eigenvalue weighted by molar-refractivity contribution is 6.12. The zero-order valence-electron chi connectivity index (χ0n) is 16.4. The molecule has 0 spiro atoms. The van der Waals surface area contributed by atoms with Gasteiger partial charge < -0.3 is 29.0 Å². The second-order valence-electron chi connectivity index (χ2n) is 6.62. The molecule has 2 heterocycles. The van der Waals surface area contributed by atoms with Crippen LogP contribution in [-0.2, 0) is 16.0 Å². The van der Waals surface area contributed by atoms with Gasteiger partial charge in [-0.1, -0.05) is 6.07 Å². The molecule has 4 rings (SSSR count). The predicted molar refractivity (Wildman–Crippen MR) is 109 cm³/mol. The summed E-state index contributed by atoms with van der Waals surface area (Å²) in [5.74, 6) is 2.14. The van der Waals surface area contributed by atoms with E-state index in [1.807, 2.05) is 23.1 Å². The lowest BCUT2D eigenvalue weighted by molar-refractivity contribution is 0.132. The third-order valence-corrected chi connectivity index (χ3v) is 4.64. The second kappa shape index (κ2) is 8.50. The number of hydrogen-bond acceptors (Lipinski definition) is 8. The Morgan fingerprint density at radius 2 is 1.66 bits per heavy atom. The molecule has 1 N–H and O–H groups in total. The van der Waals surface area contributed by atoms with Crippen molar-refractivity contribution in [2.24, 2.45) is 9.98 Å². The molecule has 0 amide bonds. The van der Waals surface area contributed by atoms with E-state index in [0.717, 1.165) is 28.3 Å². The molecule has 2 aromatic carbocycles. The molecular formula is C21H23N3O5. The van der Waals surface area contributed by atoms with Crippen molar-refractivity contribution in [3.63, 3.8) is 0 Å². The number of hydrogen-bond donors (Lipinski definition) is 1. The maximum atomic E-state index is 9.82. The highest BCUT2D eigenvalue weighted by Crippen LogP contribution is 2.40. The normalized spacial score (nSPS) is 14.0. The van der Waals surface area contributed by atoms with Crippen LogP contribution >= 0.6 is 0 Å². The summed E-state index contributed by atoms with van der Waals surface area (Å²) in [4.78, 5) is 11.3. The molecule has 0 fully saturated rings. The largest absolute Gasteiger partial charge is 0.508 e. The number of aliphatic imine (C=N–C) groups is 2. The Kier molecular flexibility index (Phi) is 5.64. The van der Waals surface area contributed by atoms with Crippen LogP contribution in [-0.4, -0.2) is 62.8 Å². The molecule has 2 aliphatic heterocycles. The van der Waals surface area contributed by atoms with Crippen molar-refractivity contribution in [3.8, 4) is 17.2 Å². The molecule has 0 aliphatic carbocycles. The minimum Gasteiger partial charge on any atom is -0.508 e. The minimum absolute atomic E-state index is 0.191. The topological polar surface area (TPSA) is 85.1 Å². The van der Waals surface area contributed by atoms with Crippen molar-refractivity contribution in [1.82, 2.24) is 4.90 Å². The Morgan fingerprint density at radius 3 is 2.38 bits per heavy atom. The fourth-order valence-corrected chi connectivity index (χ4v) is 3.20. The summed E-state index contributed by atoms with van der Waals surface area (Å²) in [6, 6.07) is 8.95. The number of phenolic OH excluding ortho intramolecular Hbond substituents is 1. The average Bonchev–Trinajstić information content (AvgIpc) is 2.73. The van der Waals surface area contributed by atoms with Crippen LogP contribution in [0.3, 0.4) is 0 Å². The van der Waals surface area contributed by atoms with Gasteiger partial charge >= 0.3 is 0 Å². The van der Waals surface area contributed by atoms with Crippen molar-refractivity contribution in [2.75, 3.05) is 40.6 Å². The van der Waals surface area contributed by atoms with E-state index >= 15 is 0 Å². The van der Waals surface area contributed by atoms with Gasteiger partial charge in [0.1, 0.15) is 24.8 Å². The number of benzene rings is 2. The summed E-state index contributed by atoms with van der Waals surface area (Å²) in [6.45, 7) is 2.36. The Labute approximate surface area is 169 Å². The molecule has 0 bridgehead atoms. The lowest BCUT2D eigenvalue weighted by Gasteiger charge is -2.30. The van der Waals surface area contributed by atoms with E-state index < -0.39 is 0 Å². The lowest BCUT2D eigenvalue weighted by atomic mass is 10.0. The van der Waals surface area contributed by atoms with Crippen LogP contribution in [0.2, 0.25) is 0 Å². The van der Waals surface area contributed by atoms with Gasteiger partial charge in [0.15, 0.2) is 11.5 Å². The van der Waals surface area contributed by atoms with Crippen molar-refractivity contribution < 1.29 is 24.1 Å². The molecule has 2 aliphatic rings. The maximum absolute atomic E-state index is 9.82.